The Morgan fingerprint density at radius 2 is 2.00 bits per heavy atom. The Morgan fingerprint density at radius 1 is 1.32 bits per heavy atom. The summed E-state index contributed by atoms with van der Waals surface area (Å²) in [6.07, 6.45) is 3.42. The van der Waals surface area contributed by atoms with Crippen LogP contribution in [-0.2, 0) is 16.6 Å². The number of hydrogen-bond donors (Lipinski definition) is 2. The number of aliphatic hydroxyl groups excluding tert-OH is 1. The molecule has 0 unspecified atom stereocenters. The first-order valence-corrected chi connectivity index (χ1v) is 8.13. The Balaban J connectivity index is 2.25. The third-order valence-corrected chi connectivity index (χ3v) is 5.49. The summed E-state index contributed by atoms with van der Waals surface area (Å²) in [5.41, 5.74) is 2.26. The Bertz CT molecular complexity index is 562. The Kier molecular flexibility index (Phi) is 4.28. The van der Waals surface area contributed by atoms with E-state index in [0.717, 1.165) is 24.0 Å². The van der Waals surface area contributed by atoms with Gasteiger partial charge in [-0.1, -0.05) is 12.5 Å². The lowest BCUT2D eigenvalue weighted by molar-refractivity contribution is 0.281. The van der Waals surface area contributed by atoms with Gasteiger partial charge in [-0.2, -0.15) is 0 Å². The van der Waals surface area contributed by atoms with Gasteiger partial charge in [-0.05, 0) is 55.4 Å². The zero-order chi connectivity index (χ0) is 14.0. The zero-order valence-electron chi connectivity index (χ0n) is 11.4. The van der Waals surface area contributed by atoms with E-state index in [-0.39, 0.29) is 11.5 Å². The minimum Gasteiger partial charge on any atom is -0.392 e. The van der Waals surface area contributed by atoms with Gasteiger partial charge < -0.3 is 5.11 Å². The number of benzene rings is 1. The van der Waals surface area contributed by atoms with E-state index in [4.69, 9.17) is 0 Å². The van der Waals surface area contributed by atoms with Crippen LogP contribution in [0.25, 0.3) is 0 Å². The van der Waals surface area contributed by atoms with E-state index in [1.807, 2.05) is 13.0 Å². The molecule has 0 aliphatic heterocycles. The van der Waals surface area contributed by atoms with Crippen LogP contribution in [0.4, 0.5) is 0 Å². The highest BCUT2D eigenvalue weighted by atomic mass is 32.2. The lowest BCUT2D eigenvalue weighted by atomic mass is 9.86. The largest absolute Gasteiger partial charge is 0.392 e. The van der Waals surface area contributed by atoms with Crippen LogP contribution in [0, 0.1) is 19.8 Å². The summed E-state index contributed by atoms with van der Waals surface area (Å²) in [4.78, 5) is 0.288. The summed E-state index contributed by atoms with van der Waals surface area (Å²) in [6.45, 7) is 4.03. The maximum absolute atomic E-state index is 12.3. The smallest absolute Gasteiger partial charge is 0.240 e. The number of aryl methyl sites for hydroxylation is 1. The second-order valence-electron chi connectivity index (χ2n) is 5.34. The number of nitrogens with one attached hydrogen (secondary N) is 1. The summed E-state index contributed by atoms with van der Waals surface area (Å²) >= 11 is 0. The van der Waals surface area contributed by atoms with E-state index in [1.54, 1.807) is 13.0 Å². The second kappa shape index (κ2) is 5.61. The molecule has 0 spiro atoms. The third-order valence-electron chi connectivity index (χ3n) is 3.94. The Hall–Kier alpha value is -0.910. The Morgan fingerprint density at radius 3 is 2.53 bits per heavy atom. The molecule has 5 heteroatoms. The summed E-state index contributed by atoms with van der Waals surface area (Å²) in [7, 11) is -3.48. The van der Waals surface area contributed by atoms with Gasteiger partial charge in [0.15, 0.2) is 0 Å². The van der Waals surface area contributed by atoms with E-state index >= 15 is 0 Å². The van der Waals surface area contributed by atoms with Crippen LogP contribution in [-0.4, -0.2) is 20.1 Å². The molecular formula is C14H21NO3S. The number of rotatable bonds is 5. The van der Waals surface area contributed by atoms with Crippen LogP contribution in [0.3, 0.4) is 0 Å². The van der Waals surface area contributed by atoms with Crippen LogP contribution in [0.2, 0.25) is 0 Å². The minimum atomic E-state index is -3.48. The van der Waals surface area contributed by atoms with Crippen LogP contribution < -0.4 is 4.72 Å². The fourth-order valence-electron chi connectivity index (χ4n) is 2.27. The van der Waals surface area contributed by atoms with Gasteiger partial charge in [0.1, 0.15) is 0 Å². The molecule has 2 rings (SSSR count). The minimum absolute atomic E-state index is 0.147. The highest BCUT2D eigenvalue weighted by Gasteiger charge is 2.23. The molecular weight excluding hydrogens is 262 g/mol. The van der Waals surface area contributed by atoms with Crippen molar-refractivity contribution < 1.29 is 13.5 Å². The van der Waals surface area contributed by atoms with Crippen LogP contribution in [0.1, 0.15) is 36.0 Å². The second-order valence-corrected chi connectivity index (χ2v) is 7.08. The lowest BCUT2D eigenvalue weighted by Crippen LogP contribution is -2.32. The molecule has 4 nitrogen and oxygen atoms in total. The first-order chi connectivity index (χ1) is 8.94. The van der Waals surface area contributed by atoms with Crippen molar-refractivity contribution in [3.63, 3.8) is 0 Å². The molecule has 1 aromatic rings. The summed E-state index contributed by atoms with van der Waals surface area (Å²) in [6, 6.07) is 3.38. The van der Waals surface area contributed by atoms with Crippen molar-refractivity contribution in [1.82, 2.24) is 4.72 Å². The van der Waals surface area contributed by atoms with E-state index in [1.165, 1.54) is 6.42 Å². The number of aliphatic hydroxyl groups is 1. The van der Waals surface area contributed by atoms with Crippen molar-refractivity contribution in [2.45, 2.75) is 44.6 Å². The summed E-state index contributed by atoms with van der Waals surface area (Å²) < 4.78 is 27.3. The number of sulfonamides is 1. The average Bonchev–Trinajstić information content (AvgIpc) is 2.30. The SMILES string of the molecule is Cc1cc(CO)cc(S(=O)(=O)NCC2CCC2)c1C. The lowest BCUT2D eigenvalue weighted by Gasteiger charge is -2.25. The third kappa shape index (κ3) is 3.16. The molecule has 0 saturated heterocycles. The first-order valence-electron chi connectivity index (χ1n) is 6.64. The van der Waals surface area contributed by atoms with E-state index in [2.05, 4.69) is 4.72 Å². The molecule has 1 aliphatic rings. The Labute approximate surface area is 114 Å². The van der Waals surface area contributed by atoms with Crippen molar-refractivity contribution in [2.75, 3.05) is 6.54 Å². The van der Waals surface area contributed by atoms with Gasteiger partial charge in [0.2, 0.25) is 10.0 Å². The highest BCUT2D eigenvalue weighted by molar-refractivity contribution is 7.89. The molecule has 0 amide bonds. The molecule has 0 radical (unpaired) electrons. The molecule has 1 saturated carbocycles. The normalized spacial score (nSPS) is 16.4. The van der Waals surface area contributed by atoms with Crippen molar-refractivity contribution >= 4 is 10.0 Å². The van der Waals surface area contributed by atoms with Gasteiger partial charge in [0.25, 0.3) is 0 Å². The van der Waals surface area contributed by atoms with Crippen molar-refractivity contribution in [3.05, 3.63) is 28.8 Å². The molecule has 0 bridgehead atoms. The standard InChI is InChI=1S/C14H21NO3S/c1-10-6-13(9-16)7-14(11(10)2)19(17,18)15-8-12-4-3-5-12/h6-7,12,15-16H,3-5,8-9H2,1-2H3. The van der Waals surface area contributed by atoms with E-state index in [0.29, 0.717) is 18.0 Å². The molecule has 1 fully saturated rings. The van der Waals surface area contributed by atoms with E-state index in [9.17, 15) is 13.5 Å². The van der Waals surface area contributed by atoms with Gasteiger partial charge >= 0.3 is 0 Å². The van der Waals surface area contributed by atoms with Crippen molar-refractivity contribution in [2.24, 2.45) is 5.92 Å². The molecule has 0 atom stereocenters. The van der Waals surface area contributed by atoms with E-state index < -0.39 is 10.0 Å². The highest BCUT2D eigenvalue weighted by Crippen LogP contribution is 2.26. The fraction of sp³-hybridized carbons (Fsp3) is 0.571. The quantitative estimate of drug-likeness (QED) is 0.867. The maximum Gasteiger partial charge on any atom is 0.240 e. The first kappa shape index (κ1) is 14.5. The van der Waals surface area contributed by atoms with Crippen LogP contribution >= 0.6 is 0 Å². The topological polar surface area (TPSA) is 66.4 Å². The van der Waals surface area contributed by atoms with Crippen molar-refractivity contribution in [3.8, 4) is 0 Å². The van der Waals surface area contributed by atoms with Gasteiger partial charge in [0, 0.05) is 6.54 Å². The molecule has 19 heavy (non-hydrogen) atoms. The molecule has 1 aliphatic carbocycles. The molecule has 0 heterocycles. The van der Waals surface area contributed by atoms with Crippen LogP contribution in [0.5, 0.6) is 0 Å². The average molecular weight is 283 g/mol. The molecule has 106 valence electrons. The maximum atomic E-state index is 12.3. The van der Waals surface area contributed by atoms with Crippen LogP contribution in [0.15, 0.2) is 17.0 Å². The molecule has 2 N–H and O–H groups in total. The van der Waals surface area contributed by atoms with Crippen molar-refractivity contribution in [1.29, 1.82) is 0 Å². The number of hydrogen-bond acceptors (Lipinski definition) is 3. The predicted molar refractivity (Wildman–Crippen MR) is 74.4 cm³/mol. The fourth-order valence-corrected chi connectivity index (χ4v) is 3.75. The molecule has 0 aromatic heterocycles. The van der Waals surface area contributed by atoms with Gasteiger partial charge in [0.05, 0.1) is 11.5 Å². The monoisotopic (exact) mass is 283 g/mol. The van der Waals surface area contributed by atoms with Gasteiger partial charge in [-0.25, -0.2) is 13.1 Å². The summed E-state index contributed by atoms with van der Waals surface area (Å²) in [5, 5.41) is 9.19. The summed E-state index contributed by atoms with van der Waals surface area (Å²) in [5.74, 6) is 0.484. The molecule has 1 aromatic carbocycles. The van der Waals surface area contributed by atoms with Gasteiger partial charge in [-0.3, -0.25) is 0 Å². The zero-order valence-corrected chi connectivity index (χ0v) is 12.3. The predicted octanol–water partition coefficient (Wildman–Crippen LogP) is 1.87. The van der Waals surface area contributed by atoms with Gasteiger partial charge in [-0.15, -0.1) is 0 Å².